The fourth-order valence-corrected chi connectivity index (χ4v) is 3.12. The third-order valence-electron chi connectivity index (χ3n) is 4.17. The monoisotopic (exact) mass is 433 g/mol. The van der Waals surface area contributed by atoms with Crippen LogP contribution in [0.3, 0.4) is 0 Å². The van der Waals surface area contributed by atoms with Crippen LogP contribution < -0.4 is 5.32 Å². The molecule has 2 aromatic carbocycles. The van der Waals surface area contributed by atoms with E-state index in [4.69, 9.17) is 4.42 Å². The molecule has 27 heavy (non-hydrogen) atoms. The van der Waals surface area contributed by atoms with Crippen molar-refractivity contribution < 1.29 is 22.4 Å². The predicted molar refractivity (Wildman–Crippen MR) is 99.8 cm³/mol. The van der Waals surface area contributed by atoms with Gasteiger partial charge in [-0.05, 0) is 42.5 Å². The molecule has 0 saturated carbocycles. The fourth-order valence-electron chi connectivity index (χ4n) is 2.86. The first-order valence-electron chi connectivity index (χ1n) is 7.92. The first-order valence-corrected chi connectivity index (χ1v) is 8.71. The van der Waals surface area contributed by atoms with Crippen molar-refractivity contribution in [3.8, 4) is 11.3 Å². The Balaban J connectivity index is 1.68. The molecule has 0 fully saturated rings. The third kappa shape index (κ3) is 3.42. The summed E-state index contributed by atoms with van der Waals surface area (Å²) < 4.78 is 45.2. The number of carbonyl (C=O) groups excluding carboxylic acids is 1. The summed E-state index contributed by atoms with van der Waals surface area (Å²) in [6.45, 7) is 0. The van der Waals surface area contributed by atoms with Crippen molar-refractivity contribution in [2.45, 2.75) is 6.18 Å². The van der Waals surface area contributed by atoms with Crippen molar-refractivity contribution in [3.05, 3.63) is 76.0 Å². The maximum Gasteiger partial charge on any atom is 0.416 e. The molecule has 3 nitrogen and oxygen atoms in total. The van der Waals surface area contributed by atoms with Crippen LogP contribution in [-0.2, 0) is 11.0 Å². The number of alkyl halides is 3. The van der Waals surface area contributed by atoms with Gasteiger partial charge in [-0.25, -0.2) is 0 Å². The van der Waals surface area contributed by atoms with E-state index in [1.165, 1.54) is 12.1 Å². The zero-order valence-corrected chi connectivity index (χ0v) is 15.2. The SMILES string of the molecule is O=C1Nc2cc(C(F)(F)F)ccc2/C1=C\c1ccc(-c2ccc(Br)cc2)o1. The average molecular weight is 434 g/mol. The number of carbonyl (C=O) groups is 1. The van der Waals surface area contributed by atoms with Gasteiger partial charge in [0.2, 0.25) is 0 Å². The number of benzene rings is 2. The van der Waals surface area contributed by atoms with Crippen LogP contribution in [0.1, 0.15) is 16.9 Å². The van der Waals surface area contributed by atoms with Crippen LogP contribution in [0.25, 0.3) is 23.0 Å². The van der Waals surface area contributed by atoms with Gasteiger partial charge in [-0.15, -0.1) is 0 Å². The molecular weight excluding hydrogens is 423 g/mol. The summed E-state index contributed by atoms with van der Waals surface area (Å²) in [6, 6.07) is 14.2. The molecule has 1 aromatic heterocycles. The zero-order chi connectivity index (χ0) is 19.2. The highest BCUT2D eigenvalue weighted by molar-refractivity contribution is 9.10. The molecule has 4 rings (SSSR count). The highest BCUT2D eigenvalue weighted by atomic mass is 79.9. The average Bonchev–Trinajstić information content (AvgIpc) is 3.20. The number of nitrogens with one attached hydrogen (secondary N) is 1. The highest BCUT2D eigenvalue weighted by Crippen LogP contribution is 2.38. The Morgan fingerprint density at radius 2 is 1.74 bits per heavy atom. The quantitative estimate of drug-likeness (QED) is 0.487. The molecule has 0 saturated heterocycles. The van der Waals surface area contributed by atoms with Gasteiger partial charge < -0.3 is 9.73 Å². The second-order valence-corrected chi connectivity index (χ2v) is 6.89. The van der Waals surface area contributed by atoms with Crippen LogP contribution >= 0.6 is 15.9 Å². The summed E-state index contributed by atoms with van der Waals surface area (Å²) in [5.41, 5.74) is 0.873. The van der Waals surface area contributed by atoms with Gasteiger partial charge in [0, 0.05) is 21.3 Å². The van der Waals surface area contributed by atoms with Crippen LogP contribution in [0.5, 0.6) is 0 Å². The summed E-state index contributed by atoms with van der Waals surface area (Å²) in [5, 5.41) is 2.47. The molecule has 0 bridgehead atoms. The van der Waals surface area contributed by atoms with E-state index in [0.717, 1.165) is 22.2 Å². The summed E-state index contributed by atoms with van der Waals surface area (Å²) in [4.78, 5) is 12.2. The summed E-state index contributed by atoms with van der Waals surface area (Å²) in [7, 11) is 0. The van der Waals surface area contributed by atoms with Gasteiger partial charge in [0.05, 0.1) is 11.1 Å². The van der Waals surface area contributed by atoms with Gasteiger partial charge >= 0.3 is 6.18 Å². The van der Waals surface area contributed by atoms with E-state index in [-0.39, 0.29) is 11.3 Å². The number of amides is 1. The molecule has 0 atom stereocenters. The summed E-state index contributed by atoms with van der Waals surface area (Å²) in [6.07, 6.45) is -2.94. The molecule has 0 radical (unpaired) electrons. The van der Waals surface area contributed by atoms with Crippen LogP contribution in [-0.4, -0.2) is 5.91 Å². The Hall–Kier alpha value is -2.80. The zero-order valence-electron chi connectivity index (χ0n) is 13.6. The maximum absolute atomic E-state index is 12.8. The minimum atomic E-state index is -4.47. The van der Waals surface area contributed by atoms with Crippen molar-refractivity contribution in [3.63, 3.8) is 0 Å². The molecule has 2 heterocycles. The molecule has 7 heteroatoms. The van der Waals surface area contributed by atoms with Gasteiger partial charge in [-0.1, -0.05) is 34.1 Å². The number of hydrogen-bond donors (Lipinski definition) is 1. The van der Waals surface area contributed by atoms with Gasteiger partial charge in [-0.3, -0.25) is 4.79 Å². The largest absolute Gasteiger partial charge is 0.457 e. The van der Waals surface area contributed by atoms with Crippen molar-refractivity contribution >= 4 is 39.2 Å². The smallest absolute Gasteiger partial charge is 0.416 e. The molecule has 1 N–H and O–H groups in total. The van der Waals surface area contributed by atoms with E-state index in [9.17, 15) is 18.0 Å². The Kier molecular flexibility index (Phi) is 4.19. The number of furan rings is 1. The third-order valence-corrected chi connectivity index (χ3v) is 4.70. The van der Waals surface area contributed by atoms with Gasteiger partial charge in [0.15, 0.2) is 0 Å². The Bertz CT molecular complexity index is 1070. The van der Waals surface area contributed by atoms with Crippen LogP contribution in [0, 0.1) is 0 Å². The lowest BCUT2D eigenvalue weighted by Crippen LogP contribution is -2.06. The molecule has 0 spiro atoms. The Morgan fingerprint density at radius 3 is 2.44 bits per heavy atom. The number of fused-ring (bicyclic) bond motifs is 1. The van der Waals surface area contributed by atoms with E-state index in [0.29, 0.717) is 17.1 Å². The minimum absolute atomic E-state index is 0.140. The second kappa shape index (κ2) is 6.42. The lowest BCUT2D eigenvalue weighted by Gasteiger charge is -2.07. The van der Waals surface area contributed by atoms with E-state index in [1.807, 2.05) is 24.3 Å². The Morgan fingerprint density at radius 1 is 1.00 bits per heavy atom. The number of hydrogen-bond acceptors (Lipinski definition) is 2. The van der Waals surface area contributed by atoms with Gasteiger partial charge in [-0.2, -0.15) is 13.2 Å². The minimum Gasteiger partial charge on any atom is -0.457 e. The highest BCUT2D eigenvalue weighted by Gasteiger charge is 2.33. The van der Waals surface area contributed by atoms with Crippen LogP contribution in [0.2, 0.25) is 0 Å². The fraction of sp³-hybridized carbons (Fsp3) is 0.0500. The molecule has 0 aliphatic carbocycles. The van der Waals surface area contributed by atoms with Crippen molar-refractivity contribution in [2.24, 2.45) is 0 Å². The van der Waals surface area contributed by atoms with E-state index in [1.54, 1.807) is 12.1 Å². The normalized spacial score (nSPS) is 15.1. The molecule has 136 valence electrons. The first-order chi connectivity index (χ1) is 12.8. The van der Waals surface area contributed by atoms with Gasteiger partial charge in [0.25, 0.3) is 5.91 Å². The Labute approximate surface area is 160 Å². The van der Waals surface area contributed by atoms with Crippen molar-refractivity contribution in [1.82, 2.24) is 0 Å². The standard InChI is InChI=1S/C20H11BrF3NO2/c21-13-4-1-11(2-5-13)18-8-6-14(27-18)10-16-15-7-3-12(20(22,23)24)9-17(15)25-19(16)26/h1-10H,(H,25,26)/b16-10+. The number of halogens is 4. The van der Waals surface area contributed by atoms with Crippen LogP contribution in [0.15, 0.2) is 63.5 Å². The van der Waals surface area contributed by atoms with Crippen molar-refractivity contribution in [1.29, 1.82) is 0 Å². The molecule has 3 aromatic rings. The number of anilines is 1. The molecule has 0 unspecified atom stereocenters. The van der Waals surface area contributed by atoms with E-state index in [2.05, 4.69) is 21.2 Å². The van der Waals surface area contributed by atoms with E-state index >= 15 is 0 Å². The molecule has 1 aliphatic heterocycles. The lowest BCUT2D eigenvalue weighted by atomic mass is 10.0. The van der Waals surface area contributed by atoms with Crippen molar-refractivity contribution in [2.75, 3.05) is 5.32 Å². The summed E-state index contributed by atoms with van der Waals surface area (Å²) >= 11 is 3.37. The lowest BCUT2D eigenvalue weighted by molar-refractivity contribution is -0.137. The predicted octanol–water partition coefficient (Wildman–Crippen LogP) is 6.22. The topological polar surface area (TPSA) is 42.2 Å². The molecule has 1 aliphatic rings. The maximum atomic E-state index is 12.8. The summed E-state index contributed by atoms with van der Waals surface area (Å²) in [5.74, 6) is 0.595. The molecular formula is C20H11BrF3NO2. The molecule has 1 amide bonds. The van der Waals surface area contributed by atoms with Gasteiger partial charge in [0.1, 0.15) is 11.5 Å². The van der Waals surface area contributed by atoms with Crippen LogP contribution in [0.4, 0.5) is 18.9 Å². The van der Waals surface area contributed by atoms with E-state index < -0.39 is 17.6 Å². The first kappa shape index (κ1) is 17.6. The second-order valence-electron chi connectivity index (χ2n) is 5.98. The number of rotatable bonds is 2.